The minimum Gasteiger partial charge on any atom is -0.491 e. The second-order valence-corrected chi connectivity index (χ2v) is 7.32. The van der Waals surface area contributed by atoms with Crippen LogP contribution in [-0.4, -0.2) is 60.9 Å². The molecule has 0 bridgehead atoms. The molecule has 1 heterocycles. The van der Waals surface area contributed by atoms with Crippen LogP contribution < -0.4 is 10.1 Å². The van der Waals surface area contributed by atoms with Gasteiger partial charge in [-0.05, 0) is 57.3 Å². The van der Waals surface area contributed by atoms with Crippen molar-refractivity contribution < 1.29 is 14.3 Å². The number of piperazine rings is 1. The van der Waals surface area contributed by atoms with E-state index in [1.807, 2.05) is 24.8 Å². The highest BCUT2D eigenvalue weighted by atomic mass is 16.5. The molecule has 1 saturated heterocycles. The van der Waals surface area contributed by atoms with Crippen LogP contribution in [0.1, 0.15) is 34.6 Å². The number of rotatable bonds is 5. The summed E-state index contributed by atoms with van der Waals surface area (Å²) < 4.78 is 5.65. The van der Waals surface area contributed by atoms with Gasteiger partial charge in [0.25, 0.3) is 11.8 Å². The van der Waals surface area contributed by atoms with Gasteiger partial charge in [0.15, 0.2) is 0 Å². The molecule has 2 aromatic carbocycles. The Hall–Kier alpha value is -2.86. The van der Waals surface area contributed by atoms with Crippen molar-refractivity contribution in [2.45, 2.75) is 20.0 Å². The van der Waals surface area contributed by atoms with E-state index >= 15 is 0 Å². The van der Waals surface area contributed by atoms with Crippen molar-refractivity contribution in [3.63, 3.8) is 0 Å². The average molecular weight is 381 g/mol. The van der Waals surface area contributed by atoms with Gasteiger partial charge in [-0.3, -0.25) is 9.59 Å². The van der Waals surface area contributed by atoms with Crippen LogP contribution in [0, 0.1) is 0 Å². The molecule has 2 amide bonds. The topological polar surface area (TPSA) is 61.9 Å². The van der Waals surface area contributed by atoms with Gasteiger partial charge >= 0.3 is 0 Å². The molecule has 6 heteroatoms. The molecule has 0 saturated carbocycles. The summed E-state index contributed by atoms with van der Waals surface area (Å²) in [5.41, 5.74) is 1.69. The molecular formula is C22H27N3O3. The molecule has 2 aromatic rings. The molecule has 1 aliphatic rings. The molecule has 0 spiro atoms. The van der Waals surface area contributed by atoms with Crippen molar-refractivity contribution in [1.29, 1.82) is 0 Å². The van der Waals surface area contributed by atoms with Gasteiger partial charge in [-0.2, -0.15) is 0 Å². The number of likely N-dealkylation sites (N-methyl/N-ethyl adjacent to an activating group) is 1. The predicted octanol–water partition coefficient (Wildman–Crippen LogP) is 3.11. The Bertz CT molecular complexity index is 842. The summed E-state index contributed by atoms with van der Waals surface area (Å²) in [7, 11) is 2.05. The molecule has 1 aliphatic heterocycles. The smallest absolute Gasteiger partial charge is 0.255 e. The van der Waals surface area contributed by atoms with Crippen LogP contribution in [-0.2, 0) is 0 Å². The number of carbonyl (C=O) groups excluding carboxylic acids is 2. The van der Waals surface area contributed by atoms with Crippen molar-refractivity contribution in [1.82, 2.24) is 9.80 Å². The summed E-state index contributed by atoms with van der Waals surface area (Å²) in [6, 6.07) is 14.2. The second-order valence-electron chi connectivity index (χ2n) is 7.32. The quantitative estimate of drug-likeness (QED) is 0.864. The van der Waals surface area contributed by atoms with Crippen LogP contribution in [0.2, 0.25) is 0 Å². The first-order valence-corrected chi connectivity index (χ1v) is 9.58. The van der Waals surface area contributed by atoms with E-state index in [9.17, 15) is 9.59 Å². The molecule has 0 unspecified atom stereocenters. The van der Waals surface area contributed by atoms with Crippen LogP contribution in [0.15, 0.2) is 48.5 Å². The normalized spacial score (nSPS) is 14.8. The van der Waals surface area contributed by atoms with Crippen LogP contribution in [0.4, 0.5) is 5.69 Å². The molecular weight excluding hydrogens is 354 g/mol. The molecule has 1 fully saturated rings. The second kappa shape index (κ2) is 8.89. The maximum atomic E-state index is 12.7. The van der Waals surface area contributed by atoms with Gasteiger partial charge in [-0.1, -0.05) is 12.1 Å². The molecule has 3 rings (SSSR count). The molecule has 0 aromatic heterocycles. The third-order valence-electron chi connectivity index (χ3n) is 4.63. The van der Waals surface area contributed by atoms with E-state index in [0.717, 1.165) is 13.1 Å². The Morgan fingerprint density at radius 2 is 1.64 bits per heavy atom. The molecule has 6 nitrogen and oxygen atoms in total. The summed E-state index contributed by atoms with van der Waals surface area (Å²) in [4.78, 5) is 29.4. The Kier molecular flexibility index (Phi) is 6.31. The highest BCUT2D eigenvalue weighted by Crippen LogP contribution is 2.18. The average Bonchev–Trinajstić information content (AvgIpc) is 2.68. The third-order valence-corrected chi connectivity index (χ3v) is 4.63. The van der Waals surface area contributed by atoms with Crippen LogP contribution >= 0.6 is 0 Å². The number of nitrogens with one attached hydrogen (secondary N) is 1. The van der Waals surface area contributed by atoms with E-state index in [0.29, 0.717) is 35.7 Å². The summed E-state index contributed by atoms with van der Waals surface area (Å²) in [6.07, 6.45) is 0.0376. The van der Waals surface area contributed by atoms with Crippen molar-refractivity contribution in [3.8, 4) is 5.75 Å². The van der Waals surface area contributed by atoms with Gasteiger partial charge in [-0.25, -0.2) is 0 Å². The summed E-state index contributed by atoms with van der Waals surface area (Å²) in [6.45, 7) is 7.06. The van der Waals surface area contributed by atoms with Gasteiger partial charge in [-0.15, -0.1) is 0 Å². The molecule has 0 radical (unpaired) electrons. The fourth-order valence-electron chi connectivity index (χ4n) is 3.11. The number of hydrogen-bond acceptors (Lipinski definition) is 4. The largest absolute Gasteiger partial charge is 0.491 e. The predicted molar refractivity (Wildman–Crippen MR) is 110 cm³/mol. The van der Waals surface area contributed by atoms with Gasteiger partial charge < -0.3 is 19.9 Å². The van der Waals surface area contributed by atoms with Crippen LogP contribution in [0.3, 0.4) is 0 Å². The lowest BCUT2D eigenvalue weighted by Gasteiger charge is -2.32. The van der Waals surface area contributed by atoms with Crippen LogP contribution in [0.5, 0.6) is 5.75 Å². The lowest BCUT2D eigenvalue weighted by Crippen LogP contribution is -2.47. The SMILES string of the molecule is CC(C)Oc1cccc(C(=O)Nc2cccc(C(=O)N3CCN(C)CC3)c2)c1. The zero-order chi connectivity index (χ0) is 20.1. The number of amides is 2. The number of anilines is 1. The van der Waals surface area contributed by atoms with Gasteiger partial charge in [0.05, 0.1) is 6.10 Å². The third kappa shape index (κ3) is 5.10. The molecule has 148 valence electrons. The molecule has 0 atom stereocenters. The maximum Gasteiger partial charge on any atom is 0.255 e. The van der Waals surface area contributed by atoms with E-state index in [-0.39, 0.29) is 17.9 Å². The monoisotopic (exact) mass is 381 g/mol. The van der Waals surface area contributed by atoms with E-state index < -0.39 is 0 Å². The van der Waals surface area contributed by atoms with Gasteiger partial charge in [0, 0.05) is 43.0 Å². The lowest BCUT2D eigenvalue weighted by atomic mass is 10.1. The van der Waals surface area contributed by atoms with Crippen molar-refractivity contribution >= 4 is 17.5 Å². The van der Waals surface area contributed by atoms with Crippen LogP contribution in [0.25, 0.3) is 0 Å². The van der Waals surface area contributed by atoms with E-state index in [4.69, 9.17) is 4.74 Å². The van der Waals surface area contributed by atoms with E-state index in [2.05, 4.69) is 17.3 Å². The lowest BCUT2D eigenvalue weighted by molar-refractivity contribution is 0.0664. The number of benzene rings is 2. The molecule has 28 heavy (non-hydrogen) atoms. The molecule has 0 aliphatic carbocycles. The Morgan fingerprint density at radius 1 is 0.964 bits per heavy atom. The number of nitrogens with zero attached hydrogens (tertiary/aromatic N) is 2. The van der Waals surface area contributed by atoms with Crippen molar-refractivity contribution in [3.05, 3.63) is 59.7 Å². The number of carbonyl (C=O) groups is 2. The first-order valence-electron chi connectivity index (χ1n) is 9.58. The minimum atomic E-state index is -0.238. The fraction of sp³-hybridized carbons (Fsp3) is 0.364. The zero-order valence-corrected chi connectivity index (χ0v) is 16.6. The minimum absolute atomic E-state index is 0.00321. The highest BCUT2D eigenvalue weighted by molar-refractivity contribution is 6.05. The first kappa shape index (κ1) is 19.9. The van der Waals surface area contributed by atoms with E-state index in [1.165, 1.54) is 0 Å². The summed E-state index contributed by atoms with van der Waals surface area (Å²) in [5.74, 6) is 0.413. The summed E-state index contributed by atoms with van der Waals surface area (Å²) >= 11 is 0. The first-order chi connectivity index (χ1) is 13.4. The maximum absolute atomic E-state index is 12.7. The highest BCUT2D eigenvalue weighted by Gasteiger charge is 2.20. The van der Waals surface area contributed by atoms with E-state index in [1.54, 1.807) is 42.5 Å². The molecule has 1 N–H and O–H groups in total. The number of hydrogen-bond donors (Lipinski definition) is 1. The summed E-state index contributed by atoms with van der Waals surface area (Å²) in [5, 5.41) is 2.87. The Labute approximate surface area is 166 Å². The Balaban J connectivity index is 1.69. The van der Waals surface area contributed by atoms with Crippen molar-refractivity contribution in [2.24, 2.45) is 0 Å². The zero-order valence-electron chi connectivity index (χ0n) is 16.6. The van der Waals surface area contributed by atoms with Gasteiger partial charge in [0.1, 0.15) is 5.75 Å². The number of ether oxygens (including phenoxy) is 1. The Morgan fingerprint density at radius 3 is 2.36 bits per heavy atom. The fourth-order valence-corrected chi connectivity index (χ4v) is 3.11. The van der Waals surface area contributed by atoms with Crippen molar-refractivity contribution in [2.75, 3.05) is 38.5 Å². The standard InChI is InChI=1S/C22H27N3O3/c1-16(2)28-20-9-5-6-17(15-20)21(26)23-19-8-4-7-18(14-19)22(27)25-12-10-24(3)11-13-25/h4-9,14-16H,10-13H2,1-3H3,(H,23,26). The van der Waals surface area contributed by atoms with Gasteiger partial charge in [0.2, 0.25) is 0 Å².